The molecule has 0 atom stereocenters. The smallest absolute Gasteiger partial charge is 0.101 e. The number of thiazole rings is 1. The van der Waals surface area contributed by atoms with Crippen LogP contribution in [-0.2, 0) is 12.0 Å². The third kappa shape index (κ3) is 3.50. The molecule has 0 saturated carbocycles. The molecule has 0 aliphatic rings. The summed E-state index contributed by atoms with van der Waals surface area (Å²) in [5.41, 5.74) is 1.41. The molecule has 104 valence electrons. The molecular weight excluding hydrogens is 290 g/mol. The van der Waals surface area contributed by atoms with Crippen molar-refractivity contribution in [1.29, 1.82) is 5.26 Å². The summed E-state index contributed by atoms with van der Waals surface area (Å²) in [5, 5.41) is 14.1. The maximum Gasteiger partial charge on any atom is 0.101 e. The molecule has 1 heterocycles. The highest BCUT2D eigenvalue weighted by atomic mass is 35.5. The minimum Gasteiger partial charge on any atom is -0.379 e. The van der Waals surface area contributed by atoms with Crippen LogP contribution in [-0.4, -0.2) is 4.98 Å². The van der Waals surface area contributed by atoms with Crippen LogP contribution in [0.15, 0.2) is 24.4 Å². The molecule has 1 aromatic carbocycles. The monoisotopic (exact) mass is 305 g/mol. The van der Waals surface area contributed by atoms with Crippen LogP contribution >= 0.6 is 22.9 Å². The number of nitrogens with one attached hydrogen (secondary N) is 1. The van der Waals surface area contributed by atoms with Crippen molar-refractivity contribution < 1.29 is 0 Å². The van der Waals surface area contributed by atoms with Crippen molar-refractivity contribution in [3.8, 4) is 6.07 Å². The van der Waals surface area contributed by atoms with E-state index in [1.54, 1.807) is 29.5 Å². The first kappa shape index (κ1) is 14.8. The van der Waals surface area contributed by atoms with Crippen molar-refractivity contribution in [3.63, 3.8) is 0 Å². The fourth-order valence-electron chi connectivity index (χ4n) is 1.68. The zero-order valence-corrected chi connectivity index (χ0v) is 13.3. The molecule has 0 aliphatic heterocycles. The Kier molecular flexibility index (Phi) is 4.32. The van der Waals surface area contributed by atoms with Gasteiger partial charge < -0.3 is 5.32 Å². The summed E-state index contributed by atoms with van der Waals surface area (Å²) >= 11 is 7.65. The van der Waals surface area contributed by atoms with Crippen molar-refractivity contribution in [2.24, 2.45) is 0 Å². The highest BCUT2D eigenvalue weighted by Gasteiger charge is 2.17. The first-order valence-corrected chi connectivity index (χ1v) is 7.48. The van der Waals surface area contributed by atoms with Gasteiger partial charge in [-0.1, -0.05) is 32.4 Å². The van der Waals surface area contributed by atoms with Crippen LogP contribution < -0.4 is 5.32 Å². The lowest BCUT2D eigenvalue weighted by Gasteiger charge is -2.13. The quantitative estimate of drug-likeness (QED) is 0.903. The van der Waals surface area contributed by atoms with Crippen LogP contribution in [0.25, 0.3) is 0 Å². The Morgan fingerprint density at radius 3 is 2.75 bits per heavy atom. The van der Waals surface area contributed by atoms with Gasteiger partial charge in [0.25, 0.3) is 0 Å². The van der Waals surface area contributed by atoms with E-state index < -0.39 is 0 Å². The average molecular weight is 306 g/mol. The van der Waals surface area contributed by atoms with E-state index in [-0.39, 0.29) is 5.41 Å². The maximum atomic E-state index is 9.07. The van der Waals surface area contributed by atoms with Gasteiger partial charge >= 0.3 is 0 Å². The summed E-state index contributed by atoms with van der Waals surface area (Å²) in [5.74, 6) is 0. The topological polar surface area (TPSA) is 48.7 Å². The summed E-state index contributed by atoms with van der Waals surface area (Å²) in [6.45, 7) is 7.08. The lowest BCUT2D eigenvalue weighted by Crippen LogP contribution is -2.09. The highest BCUT2D eigenvalue weighted by Crippen LogP contribution is 2.28. The second-order valence-electron chi connectivity index (χ2n) is 5.54. The molecule has 0 saturated heterocycles. The Morgan fingerprint density at radius 1 is 1.40 bits per heavy atom. The molecule has 0 unspecified atom stereocenters. The number of hydrogen-bond acceptors (Lipinski definition) is 4. The molecule has 1 aromatic heterocycles. The zero-order chi connectivity index (χ0) is 14.8. The normalized spacial score (nSPS) is 11.2. The van der Waals surface area contributed by atoms with Crippen molar-refractivity contribution in [2.75, 3.05) is 5.32 Å². The standard InChI is InChI=1S/C15H16ClN3S/c1-15(2,3)14-19-9-12(20-14)8-18-13-6-11(16)5-4-10(13)7-17/h4-6,9,18H,8H2,1-3H3. The molecule has 2 rings (SSSR count). The number of hydrogen-bond donors (Lipinski definition) is 1. The van der Waals surface area contributed by atoms with Crippen LogP contribution in [0, 0.1) is 11.3 Å². The Labute approximate surface area is 128 Å². The Morgan fingerprint density at radius 2 is 2.15 bits per heavy atom. The first-order valence-electron chi connectivity index (χ1n) is 6.29. The lowest BCUT2D eigenvalue weighted by atomic mass is 9.98. The van der Waals surface area contributed by atoms with Gasteiger partial charge in [0, 0.05) is 21.5 Å². The van der Waals surface area contributed by atoms with Gasteiger partial charge in [-0.05, 0) is 18.2 Å². The van der Waals surface area contributed by atoms with E-state index in [0.29, 0.717) is 17.1 Å². The minimum absolute atomic E-state index is 0.0663. The van der Waals surface area contributed by atoms with E-state index in [2.05, 4.69) is 37.1 Å². The Hall–Kier alpha value is -1.57. The van der Waals surface area contributed by atoms with Crippen LogP contribution in [0.4, 0.5) is 5.69 Å². The van der Waals surface area contributed by atoms with E-state index >= 15 is 0 Å². The second-order valence-corrected chi connectivity index (χ2v) is 7.09. The van der Waals surface area contributed by atoms with Gasteiger partial charge in [0.2, 0.25) is 0 Å². The highest BCUT2D eigenvalue weighted by molar-refractivity contribution is 7.11. The van der Waals surface area contributed by atoms with E-state index in [1.807, 2.05) is 6.20 Å². The van der Waals surface area contributed by atoms with Gasteiger partial charge in [-0.3, -0.25) is 0 Å². The molecule has 0 aliphatic carbocycles. The minimum atomic E-state index is 0.0663. The number of halogens is 1. The largest absolute Gasteiger partial charge is 0.379 e. The lowest BCUT2D eigenvalue weighted by molar-refractivity contribution is 0.585. The predicted octanol–water partition coefficient (Wildman–Crippen LogP) is 4.58. The number of benzene rings is 1. The third-order valence-electron chi connectivity index (χ3n) is 2.75. The summed E-state index contributed by atoms with van der Waals surface area (Å²) in [4.78, 5) is 5.59. The Bertz CT molecular complexity index is 650. The first-order chi connectivity index (χ1) is 9.40. The van der Waals surface area contributed by atoms with E-state index in [0.717, 1.165) is 15.6 Å². The summed E-state index contributed by atoms with van der Waals surface area (Å²) in [6.07, 6.45) is 1.88. The molecule has 0 spiro atoms. The molecule has 3 nitrogen and oxygen atoms in total. The van der Waals surface area contributed by atoms with E-state index in [1.165, 1.54) is 0 Å². The van der Waals surface area contributed by atoms with Gasteiger partial charge in [0.1, 0.15) is 6.07 Å². The SMILES string of the molecule is CC(C)(C)c1ncc(CNc2cc(Cl)ccc2C#N)s1. The Balaban J connectivity index is 2.12. The fraction of sp³-hybridized carbons (Fsp3) is 0.333. The zero-order valence-electron chi connectivity index (χ0n) is 11.7. The molecule has 5 heteroatoms. The van der Waals surface area contributed by atoms with Gasteiger partial charge in [0.05, 0.1) is 22.8 Å². The van der Waals surface area contributed by atoms with E-state index in [9.17, 15) is 0 Å². The molecule has 2 aromatic rings. The molecule has 0 fully saturated rings. The fourth-order valence-corrected chi connectivity index (χ4v) is 2.76. The summed E-state index contributed by atoms with van der Waals surface area (Å²) in [7, 11) is 0. The average Bonchev–Trinajstić information content (AvgIpc) is 2.85. The molecule has 0 amide bonds. The number of nitriles is 1. The van der Waals surface area contributed by atoms with Crippen LogP contribution in [0.3, 0.4) is 0 Å². The molecule has 0 radical (unpaired) electrons. The molecule has 0 bridgehead atoms. The van der Waals surface area contributed by atoms with Gasteiger partial charge in [-0.2, -0.15) is 5.26 Å². The van der Waals surface area contributed by atoms with Gasteiger partial charge in [-0.15, -0.1) is 11.3 Å². The molecule has 20 heavy (non-hydrogen) atoms. The van der Waals surface area contributed by atoms with Crippen molar-refractivity contribution >= 4 is 28.6 Å². The second kappa shape index (κ2) is 5.82. The summed E-state index contributed by atoms with van der Waals surface area (Å²) in [6, 6.07) is 7.36. The molecular formula is C15H16ClN3S. The van der Waals surface area contributed by atoms with Gasteiger partial charge in [-0.25, -0.2) is 4.98 Å². The number of aromatic nitrogens is 1. The maximum absolute atomic E-state index is 9.07. The van der Waals surface area contributed by atoms with Gasteiger partial charge in [0.15, 0.2) is 0 Å². The number of anilines is 1. The number of nitrogens with zero attached hydrogens (tertiary/aromatic N) is 2. The van der Waals surface area contributed by atoms with Crippen molar-refractivity contribution in [1.82, 2.24) is 4.98 Å². The van der Waals surface area contributed by atoms with Crippen LogP contribution in [0.2, 0.25) is 5.02 Å². The van der Waals surface area contributed by atoms with Crippen molar-refractivity contribution in [2.45, 2.75) is 32.7 Å². The van der Waals surface area contributed by atoms with Crippen LogP contribution in [0.5, 0.6) is 0 Å². The predicted molar refractivity (Wildman–Crippen MR) is 84.3 cm³/mol. The van der Waals surface area contributed by atoms with E-state index in [4.69, 9.17) is 16.9 Å². The van der Waals surface area contributed by atoms with Crippen molar-refractivity contribution in [3.05, 3.63) is 44.9 Å². The third-order valence-corrected chi connectivity index (χ3v) is 4.41. The van der Waals surface area contributed by atoms with Crippen LogP contribution in [0.1, 0.15) is 36.2 Å². The molecule has 1 N–H and O–H groups in total. The summed E-state index contributed by atoms with van der Waals surface area (Å²) < 4.78 is 0. The number of rotatable bonds is 3.